The summed E-state index contributed by atoms with van der Waals surface area (Å²) in [6, 6.07) is 18.4. The molecule has 3 aromatic carbocycles. The molecule has 0 saturated heterocycles. The first-order valence-electron chi connectivity index (χ1n) is 12.7. The van der Waals surface area contributed by atoms with Gasteiger partial charge in [0.1, 0.15) is 0 Å². The van der Waals surface area contributed by atoms with Crippen LogP contribution in [0.3, 0.4) is 0 Å². The molecule has 40 heavy (non-hydrogen) atoms. The Morgan fingerprint density at radius 2 is 1.75 bits per heavy atom. The summed E-state index contributed by atoms with van der Waals surface area (Å²) < 4.78 is 5.83. The monoisotopic (exact) mass is 555 g/mol. The quantitative estimate of drug-likeness (QED) is 0.235. The number of benzene rings is 3. The molecule has 0 spiro atoms. The highest BCUT2D eigenvalue weighted by atomic mass is 32.1. The summed E-state index contributed by atoms with van der Waals surface area (Å²) in [5.74, 6) is -0.797. The van der Waals surface area contributed by atoms with Crippen molar-refractivity contribution in [1.82, 2.24) is 9.88 Å². The Hall–Kier alpha value is -4.54. The van der Waals surface area contributed by atoms with Crippen molar-refractivity contribution in [3.05, 3.63) is 82.9 Å². The van der Waals surface area contributed by atoms with E-state index >= 15 is 0 Å². The molecule has 204 valence electrons. The molecule has 4 aromatic rings. The summed E-state index contributed by atoms with van der Waals surface area (Å²) in [6.45, 7) is 2.87. The molecule has 0 bridgehead atoms. The van der Waals surface area contributed by atoms with Gasteiger partial charge in [-0.1, -0.05) is 12.1 Å². The number of fused-ring (bicyclic) bond motifs is 2. The van der Waals surface area contributed by atoms with Gasteiger partial charge in [0.25, 0.3) is 5.91 Å². The highest BCUT2D eigenvalue weighted by Crippen LogP contribution is 2.39. The number of methoxy groups -OCH3 is 1. The summed E-state index contributed by atoms with van der Waals surface area (Å²) >= 11 is 1.52. The van der Waals surface area contributed by atoms with Crippen molar-refractivity contribution in [3.8, 4) is 0 Å². The molecule has 1 aliphatic heterocycles. The van der Waals surface area contributed by atoms with E-state index in [-0.39, 0.29) is 11.8 Å². The molecule has 9 nitrogen and oxygen atoms in total. The van der Waals surface area contributed by atoms with E-state index in [1.54, 1.807) is 35.5 Å². The van der Waals surface area contributed by atoms with Crippen molar-refractivity contribution in [1.29, 1.82) is 0 Å². The molecule has 0 saturated carbocycles. The predicted molar refractivity (Wildman–Crippen MR) is 159 cm³/mol. The van der Waals surface area contributed by atoms with Gasteiger partial charge in [0.05, 0.1) is 45.4 Å². The number of hydrogen-bond donors (Lipinski definition) is 2. The van der Waals surface area contributed by atoms with Crippen LogP contribution >= 0.6 is 11.3 Å². The van der Waals surface area contributed by atoms with Crippen molar-refractivity contribution in [2.24, 2.45) is 0 Å². The van der Waals surface area contributed by atoms with Crippen LogP contribution < -0.4 is 15.5 Å². The van der Waals surface area contributed by atoms with Gasteiger partial charge in [0.2, 0.25) is 5.91 Å². The van der Waals surface area contributed by atoms with Crippen molar-refractivity contribution in [3.63, 3.8) is 0 Å². The molecular weight excluding hydrogens is 526 g/mol. The lowest BCUT2D eigenvalue weighted by Gasteiger charge is -2.23. The minimum atomic E-state index is -0.478. The first kappa shape index (κ1) is 27.0. The molecule has 0 radical (unpaired) electrons. The number of carbonyl (C=O) groups excluding carboxylic acids is 3. The zero-order valence-electron chi connectivity index (χ0n) is 22.6. The number of carbonyl (C=O) groups is 3. The van der Waals surface area contributed by atoms with Gasteiger partial charge in [-0.05, 0) is 62.6 Å². The van der Waals surface area contributed by atoms with Crippen molar-refractivity contribution < 1.29 is 19.1 Å². The zero-order chi connectivity index (χ0) is 28.4. The van der Waals surface area contributed by atoms with Crippen LogP contribution in [0, 0.1) is 0 Å². The standard InChI is InChI=1S/C30H29N5O4S/c1-18(36)35(14-13-34(2)3)22-9-7-21(8-10-22)32-28(19-6-12-24-26(16-19)40-17-31-24)27-23-11-5-20(30(38)39-4)15-25(23)33-29(27)37/h5-12,15-17,32H,13-14H2,1-4H3,(H,33,37). The topological polar surface area (TPSA) is 104 Å². The Labute approximate surface area is 236 Å². The zero-order valence-corrected chi connectivity index (χ0v) is 23.5. The first-order chi connectivity index (χ1) is 19.2. The lowest BCUT2D eigenvalue weighted by molar-refractivity contribution is -0.116. The number of likely N-dealkylation sites (N-methyl/N-ethyl adjacent to an activating group) is 1. The summed E-state index contributed by atoms with van der Waals surface area (Å²) in [7, 11) is 5.26. The number of nitrogens with zero attached hydrogens (tertiary/aromatic N) is 3. The smallest absolute Gasteiger partial charge is 0.337 e. The number of hydrogen-bond acceptors (Lipinski definition) is 8. The summed E-state index contributed by atoms with van der Waals surface area (Å²) in [5.41, 5.74) is 7.65. The van der Waals surface area contributed by atoms with Gasteiger partial charge in [0.15, 0.2) is 0 Å². The number of amides is 2. The van der Waals surface area contributed by atoms with Crippen LogP contribution in [0.1, 0.15) is 28.4 Å². The van der Waals surface area contributed by atoms with Crippen LogP contribution in [0.25, 0.3) is 21.5 Å². The Morgan fingerprint density at radius 1 is 1.00 bits per heavy atom. The molecule has 10 heteroatoms. The van der Waals surface area contributed by atoms with E-state index in [0.29, 0.717) is 34.6 Å². The van der Waals surface area contributed by atoms with E-state index in [9.17, 15) is 14.4 Å². The minimum Gasteiger partial charge on any atom is -0.465 e. The third-order valence-corrected chi connectivity index (χ3v) is 7.45. The third kappa shape index (κ3) is 5.45. The maximum Gasteiger partial charge on any atom is 0.337 e. The van der Waals surface area contributed by atoms with Crippen LogP contribution in [-0.2, 0) is 14.3 Å². The van der Waals surface area contributed by atoms with Gasteiger partial charge in [-0.2, -0.15) is 0 Å². The second-order valence-electron chi connectivity index (χ2n) is 9.64. The molecule has 5 rings (SSSR count). The van der Waals surface area contributed by atoms with Gasteiger partial charge in [-0.25, -0.2) is 9.78 Å². The summed E-state index contributed by atoms with van der Waals surface area (Å²) in [6.07, 6.45) is 0. The van der Waals surface area contributed by atoms with E-state index in [0.717, 1.165) is 33.7 Å². The summed E-state index contributed by atoms with van der Waals surface area (Å²) in [5, 5.41) is 6.35. The highest BCUT2D eigenvalue weighted by molar-refractivity contribution is 7.16. The second kappa shape index (κ2) is 11.3. The fourth-order valence-electron chi connectivity index (χ4n) is 4.59. The van der Waals surface area contributed by atoms with Gasteiger partial charge >= 0.3 is 5.97 Å². The molecule has 1 aromatic heterocycles. The average molecular weight is 556 g/mol. The van der Waals surface area contributed by atoms with Gasteiger partial charge in [-0.15, -0.1) is 11.3 Å². The van der Waals surface area contributed by atoms with E-state index in [1.807, 2.05) is 61.5 Å². The molecule has 2 amide bonds. The van der Waals surface area contributed by atoms with Crippen LogP contribution in [0.2, 0.25) is 0 Å². The van der Waals surface area contributed by atoms with Gasteiger partial charge < -0.3 is 25.2 Å². The number of anilines is 3. The Kier molecular flexibility index (Phi) is 7.63. The van der Waals surface area contributed by atoms with Gasteiger partial charge in [0, 0.05) is 42.5 Å². The fourth-order valence-corrected chi connectivity index (χ4v) is 5.31. The molecule has 2 N–H and O–H groups in total. The van der Waals surface area contributed by atoms with Crippen molar-refractivity contribution >= 4 is 67.7 Å². The lowest BCUT2D eigenvalue weighted by Crippen LogP contribution is -2.35. The lowest BCUT2D eigenvalue weighted by atomic mass is 9.99. The fraction of sp³-hybridized carbons (Fsp3) is 0.200. The second-order valence-corrected chi connectivity index (χ2v) is 10.5. The van der Waals surface area contributed by atoms with E-state index < -0.39 is 5.97 Å². The van der Waals surface area contributed by atoms with Crippen LogP contribution in [0.5, 0.6) is 0 Å². The molecule has 0 atom stereocenters. The maximum absolute atomic E-state index is 13.4. The van der Waals surface area contributed by atoms with E-state index in [1.165, 1.54) is 18.4 Å². The first-order valence-corrected chi connectivity index (χ1v) is 13.5. The number of thiazole rings is 1. The Balaban J connectivity index is 1.56. The summed E-state index contributed by atoms with van der Waals surface area (Å²) in [4.78, 5) is 45.9. The maximum atomic E-state index is 13.4. The van der Waals surface area contributed by atoms with Crippen LogP contribution in [0.4, 0.5) is 17.1 Å². The Morgan fingerprint density at radius 3 is 2.45 bits per heavy atom. The SMILES string of the molecule is COC(=O)c1ccc2c(c1)NC(=O)C2=C(Nc1ccc(N(CCN(C)C)C(C)=O)cc1)c1ccc2ncsc2c1. The molecular formula is C30H29N5O4S. The van der Waals surface area contributed by atoms with Crippen LogP contribution in [-0.4, -0.2) is 62.0 Å². The number of esters is 1. The number of nitrogens with one attached hydrogen (secondary N) is 2. The molecule has 0 fully saturated rings. The highest BCUT2D eigenvalue weighted by Gasteiger charge is 2.29. The third-order valence-electron chi connectivity index (χ3n) is 6.65. The van der Waals surface area contributed by atoms with Crippen LogP contribution in [0.15, 0.2) is 66.2 Å². The number of rotatable bonds is 8. The van der Waals surface area contributed by atoms with E-state index in [4.69, 9.17) is 4.74 Å². The van der Waals surface area contributed by atoms with Crippen molar-refractivity contribution in [2.75, 3.05) is 49.8 Å². The minimum absolute atomic E-state index is 0.0335. The van der Waals surface area contributed by atoms with E-state index in [2.05, 4.69) is 15.6 Å². The largest absolute Gasteiger partial charge is 0.465 e. The normalized spacial score (nSPS) is 13.7. The Bertz CT molecular complexity index is 1640. The number of ether oxygens (including phenoxy) is 1. The molecule has 0 aliphatic carbocycles. The predicted octanol–water partition coefficient (Wildman–Crippen LogP) is 4.93. The molecule has 2 heterocycles. The van der Waals surface area contributed by atoms with Crippen molar-refractivity contribution in [2.45, 2.75) is 6.92 Å². The number of aromatic nitrogens is 1. The molecule has 0 unspecified atom stereocenters. The molecule has 1 aliphatic rings. The van der Waals surface area contributed by atoms with Gasteiger partial charge in [-0.3, -0.25) is 9.59 Å². The average Bonchev–Trinajstić information content (AvgIpc) is 3.54.